The molecule has 2 atom stereocenters. The summed E-state index contributed by atoms with van der Waals surface area (Å²) in [4.78, 5) is 24.8. The number of hydrogen-bond donors (Lipinski definition) is 2. The van der Waals surface area contributed by atoms with Crippen molar-refractivity contribution in [1.82, 2.24) is 4.90 Å². The van der Waals surface area contributed by atoms with Crippen molar-refractivity contribution in [2.24, 2.45) is 0 Å². The molecule has 0 aliphatic carbocycles. The Labute approximate surface area is 120 Å². The monoisotopic (exact) mass is 291 g/mol. The van der Waals surface area contributed by atoms with Crippen LogP contribution in [0.15, 0.2) is 30.7 Å². The van der Waals surface area contributed by atoms with Gasteiger partial charge in [-0.3, -0.25) is 4.79 Å². The van der Waals surface area contributed by atoms with Gasteiger partial charge in [-0.2, -0.15) is 0 Å². The molecule has 2 aliphatic heterocycles. The number of carboxylic acid groups (broad SMARTS) is 1. The minimum atomic E-state index is -1.12. The molecule has 110 valence electrons. The number of rotatable bonds is 2. The molecule has 0 bridgehead atoms. The van der Waals surface area contributed by atoms with Crippen LogP contribution >= 0.6 is 0 Å². The van der Waals surface area contributed by atoms with Crippen LogP contribution in [-0.2, 0) is 4.79 Å². The summed E-state index contributed by atoms with van der Waals surface area (Å²) in [7, 11) is 0. The SMILES string of the molecule is O=C(O)C1CC(O)CN1C(=O)c1ccc2c(c1)OC=CO2. The molecule has 1 fully saturated rings. The third-order valence-electron chi connectivity index (χ3n) is 3.46. The molecule has 2 heterocycles. The van der Waals surface area contributed by atoms with Gasteiger partial charge in [-0.15, -0.1) is 0 Å². The van der Waals surface area contributed by atoms with Gasteiger partial charge in [0.1, 0.15) is 18.6 Å². The number of likely N-dealkylation sites (tertiary alicyclic amines) is 1. The Morgan fingerprint density at radius 3 is 2.62 bits per heavy atom. The summed E-state index contributed by atoms with van der Waals surface area (Å²) in [6, 6.07) is 3.59. The van der Waals surface area contributed by atoms with Crippen LogP contribution in [0, 0.1) is 0 Å². The number of fused-ring (bicyclic) bond motifs is 1. The molecular formula is C14H13NO6. The molecule has 1 aromatic carbocycles. The number of carboxylic acids is 1. The predicted molar refractivity (Wildman–Crippen MR) is 69.9 cm³/mol. The number of benzene rings is 1. The summed E-state index contributed by atoms with van der Waals surface area (Å²) in [5.74, 6) is -0.722. The maximum absolute atomic E-state index is 12.4. The van der Waals surface area contributed by atoms with Gasteiger partial charge in [-0.25, -0.2) is 4.79 Å². The van der Waals surface area contributed by atoms with Crippen LogP contribution in [0.25, 0.3) is 0 Å². The molecule has 21 heavy (non-hydrogen) atoms. The van der Waals surface area contributed by atoms with E-state index < -0.39 is 24.0 Å². The van der Waals surface area contributed by atoms with Crippen LogP contribution in [-0.4, -0.2) is 45.7 Å². The van der Waals surface area contributed by atoms with E-state index >= 15 is 0 Å². The number of carbonyl (C=O) groups is 2. The first kappa shape index (κ1) is 13.4. The molecule has 7 heteroatoms. The summed E-state index contributed by atoms with van der Waals surface area (Å²) in [5.41, 5.74) is 0.285. The highest BCUT2D eigenvalue weighted by atomic mass is 16.5. The highest BCUT2D eigenvalue weighted by molar-refractivity contribution is 5.97. The minimum Gasteiger partial charge on any atom is -0.480 e. The van der Waals surface area contributed by atoms with Gasteiger partial charge in [0.05, 0.1) is 6.10 Å². The minimum absolute atomic E-state index is 0.00411. The summed E-state index contributed by atoms with van der Waals surface area (Å²) in [6.45, 7) is 0.00411. The van der Waals surface area contributed by atoms with Crippen molar-refractivity contribution < 1.29 is 29.3 Å². The van der Waals surface area contributed by atoms with Crippen LogP contribution < -0.4 is 9.47 Å². The Balaban J connectivity index is 1.87. The molecule has 1 amide bonds. The quantitative estimate of drug-likeness (QED) is 0.828. The van der Waals surface area contributed by atoms with Gasteiger partial charge in [0.2, 0.25) is 0 Å². The smallest absolute Gasteiger partial charge is 0.326 e. The number of aliphatic carboxylic acids is 1. The molecule has 7 nitrogen and oxygen atoms in total. The Morgan fingerprint density at radius 1 is 1.19 bits per heavy atom. The number of hydrogen-bond acceptors (Lipinski definition) is 5. The standard InChI is InChI=1S/C14H13NO6/c16-9-6-10(14(18)19)15(7-9)13(17)8-1-2-11-12(5-8)21-4-3-20-11/h1-5,9-10,16H,6-7H2,(H,18,19). The van der Waals surface area contributed by atoms with Gasteiger partial charge < -0.3 is 24.6 Å². The number of β-amino-alcohol motifs (C(OH)–C–C–N with tert-alkyl or cyclic N) is 1. The molecule has 1 aromatic rings. The fraction of sp³-hybridized carbons (Fsp3) is 0.286. The van der Waals surface area contributed by atoms with E-state index in [1.807, 2.05) is 0 Å². The fourth-order valence-corrected chi connectivity index (χ4v) is 2.47. The van der Waals surface area contributed by atoms with E-state index in [4.69, 9.17) is 14.6 Å². The number of ether oxygens (including phenoxy) is 2. The number of aliphatic hydroxyl groups is 1. The average molecular weight is 291 g/mol. The van der Waals surface area contributed by atoms with Crippen molar-refractivity contribution in [1.29, 1.82) is 0 Å². The van der Waals surface area contributed by atoms with Crippen molar-refractivity contribution in [3.05, 3.63) is 36.3 Å². The third kappa shape index (κ3) is 2.43. The van der Waals surface area contributed by atoms with Crippen molar-refractivity contribution in [3.8, 4) is 11.5 Å². The Morgan fingerprint density at radius 2 is 1.90 bits per heavy atom. The van der Waals surface area contributed by atoms with Gasteiger partial charge in [-0.1, -0.05) is 0 Å². The number of carbonyl (C=O) groups excluding carboxylic acids is 1. The van der Waals surface area contributed by atoms with Crippen molar-refractivity contribution in [2.75, 3.05) is 6.54 Å². The van der Waals surface area contributed by atoms with E-state index in [9.17, 15) is 14.7 Å². The maximum atomic E-state index is 12.4. The Kier molecular flexibility index (Phi) is 3.26. The molecule has 2 N–H and O–H groups in total. The van der Waals surface area contributed by atoms with E-state index in [0.29, 0.717) is 11.5 Å². The number of aliphatic hydroxyl groups excluding tert-OH is 1. The zero-order valence-electron chi connectivity index (χ0n) is 10.9. The van der Waals surface area contributed by atoms with Crippen molar-refractivity contribution in [3.63, 3.8) is 0 Å². The van der Waals surface area contributed by atoms with Crippen molar-refractivity contribution >= 4 is 11.9 Å². The molecular weight excluding hydrogens is 278 g/mol. The van der Waals surface area contributed by atoms with E-state index in [1.165, 1.54) is 24.7 Å². The zero-order chi connectivity index (χ0) is 15.0. The second kappa shape index (κ2) is 5.10. The van der Waals surface area contributed by atoms with Gasteiger partial charge >= 0.3 is 5.97 Å². The van der Waals surface area contributed by atoms with Crippen LogP contribution in [0.5, 0.6) is 11.5 Å². The lowest BCUT2D eigenvalue weighted by molar-refractivity contribution is -0.141. The molecule has 0 radical (unpaired) electrons. The first-order chi connectivity index (χ1) is 10.1. The second-order valence-electron chi connectivity index (χ2n) is 4.87. The third-order valence-corrected chi connectivity index (χ3v) is 3.46. The Hall–Kier alpha value is -2.54. The first-order valence-electron chi connectivity index (χ1n) is 6.40. The highest BCUT2D eigenvalue weighted by Gasteiger charge is 2.39. The van der Waals surface area contributed by atoms with E-state index in [2.05, 4.69) is 0 Å². The summed E-state index contributed by atoms with van der Waals surface area (Å²) in [5, 5.41) is 18.7. The zero-order valence-corrected chi connectivity index (χ0v) is 10.9. The topological polar surface area (TPSA) is 96.3 Å². The van der Waals surface area contributed by atoms with Gasteiger partial charge in [-0.05, 0) is 18.2 Å². The maximum Gasteiger partial charge on any atom is 0.326 e. The molecule has 3 rings (SSSR count). The normalized spacial score (nSPS) is 23.2. The lowest BCUT2D eigenvalue weighted by atomic mass is 10.1. The van der Waals surface area contributed by atoms with Gasteiger partial charge in [0, 0.05) is 18.5 Å². The van der Waals surface area contributed by atoms with Gasteiger partial charge in [0.25, 0.3) is 5.91 Å². The van der Waals surface area contributed by atoms with Crippen LogP contribution in [0.2, 0.25) is 0 Å². The lowest BCUT2D eigenvalue weighted by Gasteiger charge is -2.22. The molecule has 0 spiro atoms. The predicted octanol–water partition coefficient (Wildman–Crippen LogP) is 0.589. The van der Waals surface area contributed by atoms with Crippen LogP contribution in [0.1, 0.15) is 16.8 Å². The van der Waals surface area contributed by atoms with E-state index in [0.717, 1.165) is 4.90 Å². The molecule has 2 aliphatic rings. The number of nitrogens with zero attached hydrogens (tertiary/aromatic N) is 1. The largest absolute Gasteiger partial charge is 0.480 e. The van der Waals surface area contributed by atoms with Crippen LogP contribution in [0.3, 0.4) is 0 Å². The summed E-state index contributed by atoms with van der Waals surface area (Å²) >= 11 is 0. The van der Waals surface area contributed by atoms with E-state index in [-0.39, 0.29) is 18.5 Å². The molecule has 1 saturated heterocycles. The fourth-order valence-electron chi connectivity index (χ4n) is 2.47. The molecule has 2 unspecified atom stereocenters. The highest BCUT2D eigenvalue weighted by Crippen LogP contribution is 2.32. The second-order valence-corrected chi connectivity index (χ2v) is 4.87. The van der Waals surface area contributed by atoms with Crippen molar-refractivity contribution in [2.45, 2.75) is 18.6 Å². The van der Waals surface area contributed by atoms with Crippen LogP contribution in [0.4, 0.5) is 0 Å². The Bertz CT molecular complexity index is 626. The summed E-state index contributed by atoms with van der Waals surface area (Å²) in [6.07, 6.45) is 1.93. The lowest BCUT2D eigenvalue weighted by Crippen LogP contribution is -2.40. The molecule has 0 saturated carbocycles. The number of amides is 1. The van der Waals surface area contributed by atoms with Gasteiger partial charge in [0.15, 0.2) is 11.5 Å². The molecule has 0 aromatic heterocycles. The van der Waals surface area contributed by atoms with E-state index in [1.54, 1.807) is 6.07 Å². The average Bonchev–Trinajstić information content (AvgIpc) is 2.88. The first-order valence-corrected chi connectivity index (χ1v) is 6.40. The summed E-state index contributed by atoms with van der Waals surface area (Å²) < 4.78 is 10.4.